The van der Waals surface area contributed by atoms with Crippen molar-refractivity contribution in [2.75, 3.05) is 55.5 Å². The average molecular weight is 408 g/mol. The third-order valence-corrected chi connectivity index (χ3v) is 4.66. The summed E-state index contributed by atoms with van der Waals surface area (Å²) in [5.41, 5.74) is 1.34. The molecule has 0 saturated carbocycles. The molecule has 1 aliphatic heterocycles. The van der Waals surface area contributed by atoms with Gasteiger partial charge >= 0.3 is 0 Å². The van der Waals surface area contributed by atoms with Crippen molar-refractivity contribution in [3.05, 3.63) is 40.8 Å². The van der Waals surface area contributed by atoms with Crippen LogP contribution in [0.4, 0.5) is 21.8 Å². The molecule has 0 spiro atoms. The molecule has 1 aliphatic rings. The second-order valence-corrected chi connectivity index (χ2v) is 7.10. The van der Waals surface area contributed by atoms with Crippen LogP contribution < -0.4 is 15.1 Å². The topological polar surface area (TPSA) is 70.6 Å². The molecule has 7 nitrogen and oxygen atoms in total. The highest BCUT2D eigenvalue weighted by molar-refractivity contribution is 6.30. The summed E-state index contributed by atoms with van der Waals surface area (Å²) in [7, 11) is 3.73. The van der Waals surface area contributed by atoms with Crippen molar-refractivity contribution in [3.8, 4) is 0 Å². The molecule has 1 aromatic carbocycles. The van der Waals surface area contributed by atoms with Gasteiger partial charge in [-0.05, 0) is 24.1 Å². The SMILES string of the molecule is CN(C)c1nc(N2CCOCC2)ncc1NC(=O)CCc1ccc(F)c(Cl)c1. The largest absolute Gasteiger partial charge is 0.378 e. The van der Waals surface area contributed by atoms with Gasteiger partial charge in [-0.2, -0.15) is 4.98 Å². The zero-order valence-electron chi connectivity index (χ0n) is 15.9. The number of halogens is 2. The van der Waals surface area contributed by atoms with Crippen molar-refractivity contribution in [1.29, 1.82) is 0 Å². The maximum atomic E-state index is 13.2. The molecule has 0 aliphatic carbocycles. The van der Waals surface area contributed by atoms with Gasteiger partial charge in [-0.1, -0.05) is 17.7 Å². The molecule has 0 unspecified atom stereocenters. The van der Waals surface area contributed by atoms with Crippen molar-refractivity contribution in [1.82, 2.24) is 9.97 Å². The average Bonchev–Trinajstić information content (AvgIpc) is 2.69. The molecular weight excluding hydrogens is 385 g/mol. The number of amides is 1. The van der Waals surface area contributed by atoms with Gasteiger partial charge in [0.05, 0.1) is 24.4 Å². The third kappa shape index (κ3) is 5.08. The summed E-state index contributed by atoms with van der Waals surface area (Å²) in [6.07, 6.45) is 2.32. The van der Waals surface area contributed by atoms with Crippen LogP contribution in [0.1, 0.15) is 12.0 Å². The number of benzene rings is 1. The second-order valence-electron chi connectivity index (χ2n) is 6.70. The number of hydrogen-bond acceptors (Lipinski definition) is 6. The van der Waals surface area contributed by atoms with Crippen LogP contribution in [0.2, 0.25) is 5.02 Å². The molecular formula is C19H23ClFN5O2. The van der Waals surface area contributed by atoms with Crippen molar-refractivity contribution in [2.45, 2.75) is 12.8 Å². The fraction of sp³-hybridized carbons (Fsp3) is 0.421. The minimum Gasteiger partial charge on any atom is -0.378 e. The van der Waals surface area contributed by atoms with Crippen LogP contribution in [-0.4, -0.2) is 56.3 Å². The first-order valence-electron chi connectivity index (χ1n) is 9.05. The van der Waals surface area contributed by atoms with Gasteiger partial charge in [0, 0.05) is 33.6 Å². The van der Waals surface area contributed by atoms with Crippen LogP contribution in [-0.2, 0) is 16.0 Å². The maximum absolute atomic E-state index is 13.2. The Balaban J connectivity index is 1.66. The number of carbonyl (C=O) groups excluding carboxylic acids is 1. The number of nitrogens with zero attached hydrogens (tertiary/aromatic N) is 4. The zero-order chi connectivity index (χ0) is 20.1. The highest BCUT2D eigenvalue weighted by Crippen LogP contribution is 2.24. The zero-order valence-corrected chi connectivity index (χ0v) is 16.7. The smallest absolute Gasteiger partial charge is 0.227 e. The number of ether oxygens (including phenoxy) is 1. The molecule has 1 saturated heterocycles. The fourth-order valence-corrected chi connectivity index (χ4v) is 3.08. The van der Waals surface area contributed by atoms with E-state index in [0.717, 1.165) is 18.7 Å². The number of nitrogens with one attached hydrogen (secondary N) is 1. The van der Waals surface area contributed by atoms with E-state index >= 15 is 0 Å². The van der Waals surface area contributed by atoms with Gasteiger partial charge in [-0.15, -0.1) is 0 Å². The lowest BCUT2D eigenvalue weighted by molar-refractivity contribution is -0.116. The first-order valence-corrected chi connectivity index (χ1v) is 9.42. The molecule has 150 valence electrons. The molecule has 2 heterocycles. The van der Waals surface area contributed by atoms with E-state index in [9.17, 15) is 9.18 Å². The number of morpholine rings is 1. The Morgan fingerprint density at radius 1 is 1.36 bits per heavy atom. The maximum Gasteiger partial charge on any atom is 0.227 e. The number of aryl methyl sites for hydroxylation is 1. The van der Waals surface area contributed by atoms with E-state index < -0.39 is 5.82 Å². The molecule has 0 radical (unpaired) electrons. The Kier molecular flexibility index (Phi) is 6.64. The highest BCUT2D eigenvalue weighted by atomic mass is 35.5. The lowest BCUT2D eigenvalue weighted by atomic mass is 10.1. The summed E-state index contributed by atoms with van der Waals surface area (Å²) in [5.74, 6) is 0.606. The fourth-order valence-electron chi connectivity index (χ4n) is 2.87. The number of aromatic nitrogens is 2. The Labute approximate surface area is 168 Å². The van der Waals surface area contributed by atoms with E-state index in [-0.39, 0.29) is 17.4 Å². The Hall–Kier alpha value is -2.45. The Morgan fingerprint density at radius 2 is 2.11 bits per heavy atom. The van der Waals surface area contributed by atoms with Gasteiger partial charge < -0.3 is 19.9 Å². The van der Waals surface area contributed by atoms with Crippen LogP contribution >= 0.6 is 11.6 Å². The quantitative estimate of drug-likeness (QED) is 0.794. The molecule has 1 N–H and O–H groups in total. The van der Waals surface area contributed by atoms with E-state index in [1.165, 1.54) is 12.1 Å². The van der Waals surface area contributed by atoms with E-state index in [2.05, 4.69) is 20.2 Å². The number of rotatable bonds is 6. The normalized spacial score (nSPS) is 14.1. The summed E-state index contributed by atoms with van der Waals surface area (Å²) in [6, 6.07) is 4.47. The molecule has 0 bridgehead atoms. The van der Waals surface area contributed by atoms with Crippen molar-refractivity contribution < 1.29 is 13.9 Å². The summed E-state index contributed by atoms with van der Waals surface area (Å²) < 4.78 is 18.6. The predicted molar refractivity (Wildman–Crippen MR) is 108 cm³/mol. The number of hydrogen-bond donors (Lipinski definition) is 1. The molecule has 1 amide bonds. The van der Waals surface area contributed by atoms with Crippen LogP contribution in [0.3, 0.4) is 0 Å². The lowest BCUT2D eigenvalue weighted by Gasteiger charge is -2.28. The second kappa shape index (κ2) is 9.16. The molecule has 1 aromatic heterocycles. The molecule has 3 rings (SSSR count). The van der Waals surface area contributed by atoms with Gasteiger partial charge in [-0.25, -0.2) is 9.37 Å². The lowest BCUT2D eigenvalue weighted by Crippen LogP contribution is -2.37. The summed E-state index contributed by atoms with van der Waals surface area (Å²) in [4.78, 5) is 25.3. The van der Waals surface area contributed by atoms with Crippen LogP contribution in [0.25, 0.3) is 0 Å². The van der Waals surface area contributed by atoms with Crippen LogP contribution in [0.15, 0.2) is 24.4 Å². The highest BCUT2D eigenvalue weighted by Gasteiger charge is 2.18. The van der Waals surface area contributed by atoms with E-state index in [0.29, 0.717) is 37.1 Å². The summed E-state index contributed by atoms with van der Waals surface area (Å²) in [5, 5.41) is 2.92. The minimum absolute atomic E-state index is 0.0555. The van der Waals surface area contributed by atoms with E-state index in [1.807, 2.05) is 19.0 Å². The van der Waals surface area contributed by atoms with Gasteiger partial charge in [0.1, 0.15) is 11.5 Å². The predicted octanol–water partition coefficient (Wildman–Crippen LogP) is 2.74. The number of carbonyl (C=O) groups is 1. The van der Waals surface area contributed by atoms with Crippen molar-refractivity contribution in [3.63, 3.8) is 0 Å². The van der Waals surface area contributed by atoms with Gasteiger partial charge in [-0.3, -0.25) is 4.79 Å². The van der Waals surface area contributed by atoms with E-state index in [4.69, 9.17) is 16.3 Å². The Bertz CT molecular complexity index is 843. The summed E-state index contributed by atoms with van der Waals surface area (Å²) in [6.45, 7) is 2.76. The first-order chi connectivity index (χ1) is 13.4. The minimum atomic E-state index is -0.469. The van der Waals surface area contributed by atoms with Crippen molar-refractivity contribution >= 4 is 35.0 Å². The van der Waals surface area contributed by atoms with Gasteiger partial charge in [0.25, 0.3) is 0 Å². The molecule has 28 heavy (non-hydrogen) atoms. The molecule has 1 fully saturated rings. The Morgan fingerprint density at radius 3 is 2.79 bits per heavy atom. The van der Waals surface area contributed by atoms with Gasteiger partial charge in [0.2, 0.25) is 11.9 Å². The molecule has 0 atom stereocenters. The number of anilines is 3. The van der Waals surface area contributed by atoms with Crippen LogP contribution in [0, 0.1) is 5.82 Å². The van der Waals surface area contributed by atoms with Crippen molar-refractivity contribution in [2.24, 2.45) is 0 Å². The van der Waals surface area contributed by atoms with Crippen LogP contribution in [0.5, 0.6) is 0 Å². The standard InChI is InChI=1S/C19H23ClFN5O2/c1-25(2)18-16(12-22-19(24-18)26-7-9-28-10-8-26)23-17(27)6-4-13-3-5-15(21)14(20)11-13/h3,5,11-12H,4,6-10H2,1-2H3,(H,23,27). The first kappa shape index (κ1) is 20.3. The molecule has 2 aromatic rings. The van der Waals surface area contributed by atoms with E-state index in [1.54, 1.807) is 12.3 Å². The molecule has 9 heteroatoms. The summed E-state index contributed by atoms with van der Waals surface area (Å²) >= 11 is 5.78. The monoisotopic (exact) mass is 407 g/mol. The third-order valence-electron chi connectivity index (χ3n) is 4.37. The van der Waals surface area contributed by atoms with Gasteiger partial charge in [0.15, 0.2) is 5.82 Å².